The van der Waals surface area contributed by atoms with Crippen LogP contribution in [0.25, 0.3) is 0 Å². The lowest BCUT2D eigenvalue weighted by atomic mass is 9.94. The van der Waals surface area contributed by atoms with Gasteiger partial charge in [-0.3, -0.25) is 4.79 Å². The molecule has 96 valence electrons. The molecule has 0 aliphatic heterocycles. The summed E-state index contributed by atoms with van der Waals surface area (Å²) in [7, 11) is 0. The van der Waals surface area contributed by atoms with Crippen molar-refractivity contribution in [1.82, 2.24) is 25.9 Å². The number of tetrazole rings is 1. The summed E-state index contributed by atoms with van der Waals surface area (Å²) in [6, 6.07) is 0. The summed E-state index contributed by atoms with van der Waals surface area (Å²) in [4.78, 5) is 11.6. The molecule has 0 aromatic carbocycles. The van der Waals surface area contributed by atoms with Crippen molar-refractivity contribution >= 4 is 5.91 Å². The average molecular weight is 240 g/mol. The maximum Gasteiger partial charge on any atom is 0.220 e. The highest BCUT2D eigenvalue weighted by atomic mass is 16.1. The SMILES string of the molecule is CC(C)C[C@H](CN)CC(=O)NCc1nn[nH]n1. The van der Waals surface area contributed by atoms with E-state index in [0.717, 1.165) is 6.42 Å². The van der Waals surface area contributed by atoms with Crippen molar-refractivity contribution in [2.75, 3.05) is 6.54 Å². The number of nitrogens with zero attached hydrogens (tertiary/aromatic N) is 3. The Morgan fingerprint density at radius 3 is 2.82 bits per heavy atom. The van der Waals surface area contributed by atoms with Crippen LogP contribution in [-0.2, 0) is 11.3 Å². The molecule has 1 atom stereocenters. The molecule has 0 radical (unpaired) electrons. The molecule has 0 spiro atoms. The molecular formula is C10H20N6O. The second kappa shape index (κ2) is 6.95. The summed E-state index contributed by atoms with van der Waals surface area (Å²) < 4.78 is 0. The minimum Gasteiger partial charge on any atom is -0.349 e. The van der Waals surface area contributed by atoms with Crippen LogP contribution in [0, 0.1) is 11.8 Å². The number of hydrogen-bond donors (Lipinski definition) is 3. The van der Waals surface area contributed by atoms with Gasteiger partial charge < -0.3 is 11.1 Å². The molecule has 7 nitrogen and oxygen atoms in total. The first-order chi connectivity index (χ1) is 8.11. The highest BCUT2D eigenvalue weighted by Crippen LogP contribution is 2.13. The first-order valence-corrected chi connectivity index (χ1v) is 5.81. The summed E-state index contributed by atoms with van der Waals surface area (Å²) in [6.07, 6.45) is 1.42. The van der Waals surface area contributed by atoms with Crippen LogP contribution in [0.1, 0.15) is 32.5 Å². The van der Waals surface area contributed by atoms with Crippen molar-refractivity contribution in [3.63, 3.8) is 0 Å². The molecular weight excluding hydrogens is 220 g/mol. The Hall–Kier alpha value is -1.50. The minimum absolute atomic E-state index is 0.0223. The fourth-order valence-corrected chi connectivity index (χ4v) is 1.70. The Balaban J connectivity index is 2.27. The number of carbonyl (C=O) groups excluding carboxylic acids is 1. The van der Waals surface area contributed by atoms with Gasteiger partial charge in [0.25, 0.3) is 0 Å². The fourth-order valence-electron chi connectivity index (χ4n) is 1.70. The molecule has 0 bridgehead atoms. The molecule has 0 saturated heterocycles. The highest BCUT2D eigenvalue weighted by Gasteiger charge is 2.14. The monoisotopic (exact) mass is 240 g/mol. The van der Waals surface area contributed by atoms with E-state index in [9.17, 15) is 4.79 Å². The Bertz CT molecular complexity index is 324. The van der Waals surface area contributed by atoms with Gasteiger partial charge in [0, 0.05) is 6.42 Å². The molecule has 1 amide bonds. The number of aromatic amines is 1. The normalized spacial score (nSPS) is 12.7. The Kier molecular flexibility index (Phi) is 5.55. The topological polar surface area (TPSA) is 110 Å². The smallest absolute Gasteiger partial charge is 0.220 e. The lowest BCUT2D eigenvalue weighted by molar-refractivity contribution is -0.122. The van der Waals surface area contributed by atoms with Crippen molar-refractivity contribution in [2.45, 2.75) is 33.2 Å². The van der Waals surface area contributed by atoms with E-state index >= 15 is 0 Å². The molecule has 0 unspecified atom stereocenters. The van der Waals surface area contributed by atoms with E-state index in [1.807, 2.05) is 0 Å². The van der Waals surface area contributed by atoms with Crippen LogP contribution in [0.15, 0.2) is 0 Å². The zero-order valence-electron chi connectivity index (χ0n) is 10.3. The molecule has 1 heterocycles. The van der Waals surface area contributed by atoms with Crippen molar-refractivity contribution < 1.29 is 4.79 Å². The number of carbonyl (C=O) groups is 1. The van der Waals surface area contributed by atoms with Gasteiger partial charge in [-0.15, -0.1) is 10.2 Å². The second-order valence-corrected chi connectivity index (χ2v) is 4.54. The third-order valence-corrected chi connectivity index (χ3v) is 2.45. The van der Waals surface area contributed by atoms with Gasteiger partial charge in [-0.05, 0) is 24.8 Å². The molecule has 4 N–H and O–H groups in total. The van der Waals surface area contributed by atoms with E-state index in [0.29, 0.717) is 31.3 Å². The predicted molar refractivity (Wildman–Crippen MR) is 62.6 cm³/mol. The first kappa shape index (κ1) is 13.6. The molecule has 1 aromatic rings. The Morgan fingerprint density at radius 2 is 2.29 bits per heavy atom. The van der Waals surface area contributed by atoms with Crippen molar-refractivity contribution in [2.24, 2.45) is 17.6 Å². The van der Waals surface area contributed by atoms with Gasteiger partial charge in [0.1, 0.15) is 0 Å². The third kappa shape index (κ3) is 5.39. The van der Waals surface area contributed by atoms with Crippen LogP contribution in [0.4, 0.5) is 0 Å². The van der Waals surface area contributed by atoms with Crippen LogP contribution in [-0.4, -0.2) is 33.1 Å². The second-order valence-electron chi connectivity index (χ2n) is 4.54. The Morgan fingerprint density at radius 1 is 1.53 bits per heavy atom. The number of amides is 1. The number of nitrogens with one attached hydrogen (secondary N) is 2. The molecule has 0 aliphatic rings. The zero-order valence-corrected chi connectivity index (χ0v) is 10.3. The van der Waals surface area contributed by atoms with Gasteiger partial charge in [-0.1, -0.05) is 19.1 Å². The van der Waals surface area contributed by atoms with Crippen LogP contribution < -0.4 is 11.1 Å². The maximum atomic E-state index is 11.6. The minimum atomic E-state index is -0.0223. The number of hydrogen-bond acceptors (Lipinski definition) is 5. The van der Waals surface area contributed by atoms with E-state index in [-0.39, 0.29) is 11.8 Å². The number of aromatic nitrogens is 4. The first-order valence-electron chi connectivity index (χ1n) is 5.81. The van der Waals surface area contributed by atoms with Gasteiger partial charge in [0.05, 0.1) is 6.54 Å². The number of H-pyrrole nitrogens is 1. The highest BCUT2D eigenvalue weighted by molar-refractivity contribution is 5.76. The van der Waals surface area contributed by atoms with E-state index < -0.39 is 0 Å². The van der Waals surface area contributed by atoms with Crippen molar-refractivity contribution in [3.05, 3.63) is 5.82 Å². The molecule has 1 rings (SSSR count). The summed E-state index contributed by atoms with van der Waals surface area (Å²) in [5.41, 5.74) is 5.64. The standard InChI is InChI=1S/C10H20N6O/c1-7(2)3-8(5-11)4-10(17)12-6-9-13-15-16-14-9/h7-8H,3-6,11H2,1-2H3,(H,12,17)(H,13,14,15,16)/t8-/m0/s1. The van der Waals surface area contributed by atoms with Crippen LogP contribution >= 0.6 is 0 Å². The van der Waals surface area contributed by atoms with Gasteiger partial charge in [0.15, 0.2) is 5.82 Å². The molecule has 0 fully saturated rings. The summed E-state index contributed by atoms with van der Waals surface area (Å²) >= 11 is 0. The lowest BCUT2D eigenvalue weighted by Crippen LogP contribution is -2.28. The molecule has 0 aliphatic carbocycles. The van der Waals surface area contributed by atoms with Gasteiger partial charge >= 0.3 is 0 Å². The molecule has 7 heteroatoms. The van der Waals surface area contributed by atoms with Crippen LogP contribution in [0.3, 0.4) is 0 Å². The summed E-state index contributed by atoms with van der Waals surface area (Å²) in [6.45, 7) is 5.09. The molecule has 0 saturated carbocycles. The largest absolute Gasteiger partial charge is 0.349 e. The number of nitrogens with two attached hydrogens (primary N) is 1. The van der Waals surface area contributed by atoms with E-state index in [4.69, 9.17) is 5.73 Å². The van der Waals surface area contributed by atoms with E-state index in [1.54, 1.807) is 0 Å². The third-order valence-electron chi connectivity index (χ3n) is 2.45. The summed E-state index contributed by atoms with van der Waals surface area (Å²) in [5.74, 6) is 1.24. The van der Waals surface area contributed by atoms with Crippen molar-refractivity contribution in [1.29, 1.82) is 0 Å². The van der Waals surface area contributed by atoms with Gasteiger partial charge in [-0.25, -0.2) is 0 Å². The molecule has 17 heavy (non-hydrogen) atoms. The van der Waals surface area contributed by atoms with Crippen LogP contribution in [0.2, 0.25) is 0 Å². The zero-order chi connectivity index (χ0) is 12.7. The van der Waals surface area contributed by atoms with E-state index in [1.165, 1.54) is 0 Å². The van der Waals surface area contributed by atoms with Crippen molar-refractivity contribution in [3.8, 4) is 0 Å². The maximum absolute atomic E-state index is 11.6. The predicted octanol–water partition coefficient (Wildman–Crippen LogP) is -0.173. The van der Waals surface area contributed by atoms with Gasteiger partial charge in [0.2, 0.25) is 5.91 Å². The van der Waals surface area contributed by atoms with Gasteiger partial charge in [-0.2, -0.15) is 5.21 Å². The molecule has 1 aromatic heterocycles. The fraction of sp³-hybridized carbons (Fsp3) is 0.800. The average Bonchev–Trinajstić information content (AvgIpc) is 2.77. The lowest BCUT2D eigenvalue weighted by Gasteiger charge is -2.16. The quantitative estimate of drug-likeness (QED) is 0.613. The number of rotatable bonds is 7. The Labute approximate surface area is 101 Å². The van der Waals surface area contributed by atoms with Crippen LogP contribution in [0.5, 0.6) is 0 Å². The van der Waals surface area contributed by atoms with E-state index in [2.05, 4.69) is 39.8 Å². The summed E-state index contributed by atoms with van der Waals surface area (Å²) in [5, 5.41) is 16.0.